The monoisotopic (exact) mass is 472 g/mol. The minimum absolute atomic E-state index is 0.112. The number of esters is 1. The molecule has 9 heteroatoms. The number of aromatic nitrogens is 4. The van der Waals surface area contributed by atoms with Crippen molar-refractivity contribution in [3.05, 3.63) is 93.3 Å². The summed E-state index contributed by atoms with van der Waals surface area (Å²) in [7, 11) is 3.23. The van der Waals surface area contributed by atoms with Gasteiger partial charge in [0.1, 0.15) is 10.4 Å². The molecule has 2 aromatic carbocycles. The van der Waals surface area contributed by atoms with Gasteiger partial charge >= 0.3 is 5.97 Å². The van der Waals surface area contributed by atoms with Gasteiger partial charge in [-0.2, -0.15) is 0 Å². The van der Waals surface area contributed by atoms with Crippen molar-refractivity contribution >= 4 is 44.9 Å². The normalized spacial score (nSPS) is 11.8. The molecule has 0 fully saturated rings. The number of rotatable bonds is 6. The summed E-state index contributed by atoms with van der Waals surface area (Å²) >= 11 is 1.35. The lowest BCUT2D eigenvalue weighted by atomic mass is 10.0. The number of nitrogens with zero attached hydrogens (tertiary/aromatic N) is 4. The summed E-state index contributed by atoms with van der Waals surface area (Å²) in [5.74, 6) is 0.940. The number of ether oxygens (including phenoxy) is 2. The molecule has 0 aliphatic carbocycles. The Labute approximate surface area is 198 Å². The quantitative estimate of drug-likeness (QED) is 0.211. The molecule has 0 bridgehead atoms. The third-order valence-electron chi connectivity index (χ3n) is 5.47. The van der Waals surface area contributed by atoms with Gasteiger partial charge in [-0.3, -0.25) is 13.8 Å². The lowest BCUT2D eigenvalue weighted by molar-refractivity contribution is -0.138. The molecular formula is C25H20N4O4S. The number of fused-ring (bicyclic) bond motifs is 3. The number of hydrogen-bond donors (Lipinski definition) is 0. The van der Waals surface area contributed by atoms with Crippen molar-refractivity contribution in [2.75, 3.05) is 7.11 Å². The molecule has 3 aromatic heterocycles. The highest BCUT2D eigenvalue weighted by atomic mass is 32.1. The van der Waals surface area contributed by atoms with Crippen LogP contribution in [0.3, 0.4) is 0 Å². The van der Waals surface area contributed by atoms with E-state index >= 15 is 0 Å². The molecule has 8 nitrogen and oxygen atoms in total. The third-order valence-corrected chi connectivity index (χ3v) is 6.36. The summed E-state index contributed by atoms with van der Waals surface area (Å²) in [5, 5.41) is 10.2. The second kappa shape index (κ2) is 8.95. The number of hydrogen-bond acceptors (Lipinski definition) is 7. The van der Waals surface area contributed by atoms with E-state index in [4.69, 9.17) is 9.47 Å². The number of para-hydroxylation sites is 1. The van der Waals surface area contributed by atoms with Gasteiger partial charge < -0.3 is 9.47 Å². The molecule has 0 atom stereocenters. The molecule has 0 radical (unpaired) electrons. The molecule has 5 aromatic rings. The summed E-state index contributed by atoms with van der Waals surface area (Å²) in [5.41, 5.74) is 2.40. The van der Waals surface area contributed by atoms with Crippen LogP contribution in [0.1, 0.15) is 17.0 Å². The first-order valence-corrected chi connectivity index (χ1v) is 11.3. The van der Waals surface area contributed by atoms with Crippen LogP contribution in [0.25, 0.3) is 27.6 Å². The van der Waals surface area contributed by atoms with Crippen LogP contribution in [0.5, 0.6) is 5.75 Å². The summed E-state index contributed by atoms with van der Waals surface area (Å²) in [4.78, 5) is 25.8. The van der Waals surface area contributed by atoms with Crippen molar-refractivity contribution in [1.29, 1.82) is 0 Å². The molecule has 0 N–H and O–H groups in total. The second-order valence-corrected chi connectivity index (χ2v) is 8.41. The Morgan fingerprint density at radius 2 is 1.82 bits per heavy atom. The molecule has 0 saturated carbocycles. The standard InChI is InChI=1S/C25H20N4O4S/c1-28-23(30)22-19(12-13-34-22)29-21(26-27-25(28)29)15-33-24(31)18(16-8-4-3-5-9-16)14-17-10-6-7-11-20(17)32-2/h3-14H,15H2,1-2H3. The van der Waals surface area contributed by atoms with E-state index < -0.39 is 5.97 Å². The zero-order chi connectivity index (χ0) is 23.7. The molecule has 0 unspecified atom stereocenters. The van der Waals surface area contributed by atoms with Crippen molar-refractivity contribution in [1.82, 2.24) is 19.2 Å². The second-order valence-electron chi connectivity index (χ2n) is 7.49. The summed E-state index contributed by atoms with van der Waals surface area (Å²) in [6.45, 7) is -0.112. The highest BCUT2D eigenvalue weighted by Gasteiger charge is 2.19. The fourth-order valence-corrected chi connectivity index (χ4v) is 4.62. The fraction of sp³-hybridized carbons (Fsp3) is 0.120. The molecule has 3 heterocycles. The van der Waals surface area contributed by atoms with Crippen LogP contribution in [-0.4, -0.2) is 32.2 Å². The van der Waals surface area contributed by atoms with Gasteiger partial charge in [-0.25, -0.2) is 4.79 Å². The van der Waals surface area contributed by atoms with Crippen LogP contribution in [0.2, 0.25) is 0 Å². The fourth-order valence-electron chi connectivity index (χ4n) is 3.77. The van der Waals surface area contributed by atoms with E-state index in [9.17, 15) is 9.59 Å². The van der Waals surface area contributed by atoms with E-state index in [1.54, 1.807) is 24.6 Å². The van der Waals surface area contributed by atoms with Crippen LogP contribution in [-0.2, 0) is 23.2 Å². The van der Waals surface area contributed by atoms with E-state index in [0.29, 0.717) is 38.7 Å². The Kier molecular flexibility index (Phi) is 5.69. The number of benzene rings is 2. The van der Waals surface area contributed by atoms with Gasteiger partial charge in [0.2, 0.25) is 5.78 Å². The summed E-state index contributed by atoms with van der Waals surface area (Å²) in [6.07, 6.45) is 1.75. The maximum atomic E-state index is 13.3. The van der Waals surface area contributed by atoms with E-state index in [-0.39, 0.29) is 12.2 Å². The van der Waals surface area contributed by atoms with Gasteiger partial charge in [0, 0.05) is 12.6 Å². The Balaban J connectivity index is 1.51. The lowest BCUT2D eigenvalue weighted by Crippen LogP contribution is -2.19. The van der Waals surface area contributed by atoms with E-state index in [0.717, 1.165) is 5.56 Å². The Morgan fingerprint density at radius 1 is 1.06 bits per heavy atom. The molecule has 170 valence electrons. The molecule has 0 saturated heterocycles. The van der Waals surface area contributed by atoms with Gasteiger partial charge in [-0.05, 0) is 29.2 Å². The number of carbonyl (C=O) groups is 1. The zero-order valence-corrected chi connectivity index (χ0v) is 19.3. The Morgan fingerprint density at radius 3 is 2.62 bits per heavy atom. The summed E-state index contributed by atoms with van der Waals surface area (Å²) in [6, 6.07) is 18.6. The lowest BCUT2D eigenvalue weighted by Gasteiger charge is -2.11. The predicted molar refractivity (Wildman–Crippen MR) is 131 cm³/mol. The molecule has 0 aliphatic heterocycles. The number of methoxy groups -OCH3 is 1. The third kappa shape index (κ3) is 3.75. The summed E-state index contributed by atoms with van der Waals surface area (Å²) < 4.78 is 14.9. The molecular weight excluding hydrogens is 452 g/mol. The number of thiophene rings is 1. The Hall–Kier alpha value is -4.24. The van der Waals surface area contributed by atoms with Crippen LogP contribution in [0.4, 0.5) is 0 Å². The topological polar surface area (TPSA) is 87.7 Å². The van der Waals surface area contributed by atoms with E-state index in [1.165, 1.54) is 15.9 Å². The first kappa shape index (κ1) is 21.6. The molecule has 34 heavy (non-hydrogen) atoms. The minimum atomic E-state index is -0.514. The smallest absolute Gasteiger partial charge is 0.339 e. The Bertz CT molecular complexity index is 1600. The SMILES string of the molecule is COc1ccccc1C=C(C(=O)OCc1nnc2n(C)c(=O)c3sccc3n12)c1ccccc1. The van der Waals surface area contributed by atoms with Gasteiger partial charge in [0.15, 0.2) is 12.4 Å². The minimum Gasteiger partial charge on any atom is -0.496 e. The molecule has 5 rings (SSSR count). The average Bonchev–Trinajstić information content (AvgIpc) is 3.52. The van der Waals surface area contributed by atoms with Crippen molar-refractivity contribution < 1.29 is 14.3 Å². The van der Waals surface area contributed by atoms with E-state index in [1.807, 2.05) is 66.0 Å². The largest absolute Gasteiger partial charge is 0.496 e. The van der Waals surface area contributed by atoms with Gasteiger partial charge in [-0.15, -0.1) is 21.5 Å². The molecule has 0 spiro atoms. The highest BCUT2D eigenvalue weighted by Crippen LogP contribution is 2.26. The first-order valence-electron chi connectivity index (χ1n) is 10.5. The van der Waals surface area contributed by atoms with Crippen LogP contribution < -0.4 is 10.3 Å². The van der Waals surface area contributed by atoms with E-state index in [2.05, 4.69) is 10.2 Å². The van der Waals surface area contributed by atoms with Crippen molar-refractivity contribution in [3.63, 3.8) is 0 Å². The molecule has 0 amide bonds. The average molecular weight is 473 g/mol. The van der Waals surface area contributed by atoms with Gasteiger partial charge in [-0.1, -0.05) is 48.5 Å². The van der Waals surface area contributed by atoms with Gasteiger partial charge in [0.05, 0.1) is 18.2 Å². The van der Waals surface area contributed by atoms with Crippen LogP contribution in [0, 0.1) is 0 Å². The maximum absolute atomic E-state index is 13.3. The number of aryl methyl sites for hydroxylation is 1. The first-order chi connectivity index (χ1) is 16.6. The van der Waals surface area contributed by atoms with Crippen LogP contribution in [0.15, 0.2) is 70.8 Å². The zero-order valence-electron chi connectivity index (χ0n) is 18.5. The van der Waals surface area contributed by atoms with Gasteiger partial charge in [0.25, 0.3) is 5.56 Å². The van der Waals surface area contributed by atoms with Crippen molar-refractivity contribution in [3.8, 4) is 5.75 Å². The van der Waals surface area contributed by atoms with Crippen molar-refractivity contribution in [2.24, 2.45) is 7.05 Å². The molecule has 0 aliphatic rings. The highest BCUT2D eigenvalue weighted by molar-refractivity contribution is 7.17. The van der Waals surface area contributed by atoms with Crippen LogP contribution >= 0.6 is 11.3 Å². The van der Waals surface area contributed by atoms with Crippen molar-refractivity contribution in [2.45, 2.75) is 6.61 Å². The maximum Gasteiger partial charge on any atom is 0.339 e. The number of carbonyl (C=O) groups excluding carboxylic acids is 1. The predicted octanol–water partition coefficient (Wildman–Crippen LogP) is 3.94.